The molecule has 1 amide bonds. The number of nitrogens with zero attached hydrogens (tertiary/aromatic N) is 5. The Bertz CT molecular complexity index is 1170. The van der Waals surface area contributed by atoms with Crippen molar-refractivity contribution >= 4 is 35.0 Å². The van der Waals surface area contributed by atoms with Gasteiger partial charge in [-0.05, 0) is 69.1 Å². The van der Waals surface area contributed by atoms with E-state index >= 15 is 0 Å². The molecular weight excluding hydrogens is 440 g/mol. The Morgan fingerprint density at radius 2 is 1.86 bits per heavy atom. The third-order valence-corrected chi connectivity index (χ3v) is 7.87. The van der Waals surface area contributed by atoms with Crippen molar-refractivity contribution in [3.8, 4) is 0 Å². The number of hydrogen-bond donors (Lipinski definition) is 1. The first-order valence-electron chi connectivity index (χ1n) is 13.0. The van der Waals surface area contributed by atoms with Gasteiger partial charge in [0, 0.05) is 44.1 Å². The summed E-state index contributed by atoms with van der Waals surface area (Å²) < 4.78 is 1.36. The standard InChI is InChI=1S/C27H36N6O2/c1-3-28-22-16-21(9-8-20(22)2)29-25(34)18-33-26(35)23(31-13-6-7-14-31)17-24(30-33)32-15-12-27(19-32)10-4-5-11-27/h3,8-9,16-17H,4-7,10-15,18-19H2,1-2H3,(H,29,34). The van der Waals surface area contributed by atoms with Gasteiger partial charge < -0.3 is 15.1 Å². The lowest BCUT2D eigenvalue weighted by Gasteiger charge is -2.26. The highest BCUT2D eigenvalue weighted by Crippen LogP contribution is 2.46. The Hall–Kier alpha value is -3.16. The molecule has 2 aliphatic heterocycles. The summed E-state index contributed by atoms with van der Waals surface area (Å²) in [6, 6.07) is 7.60. The van der Waals surface area contributed by atoms with Gasteiger partial charge in [0.25, 0.3) is 5.56 Å². The van der Waals surface area contributed by atoms with Crippen LogP contribution >= 0.6 is 0 Å². The Balaban J connectivity index is 1.40. The molecule has 1 aromatic heterocycles. The van der Waals surface area contributed by atoms with Crippen molar-refractivity contribution in [2.45, 2.75) is 65.3 Å². The number of aliphatic imine (C=N–C) groups is 1. The molecule has 1 aliphatic carbocycles. The van der Waals surface area contributed by atoms with E-state index in [9.17, 15) is 9.59 Å². The van der Waals surface area contributed by atoms with Crippen LogP contribution in [-0.4, -0.2) is 48.1 Å². The first-order valence-corrected chi connectivity index (χ1v) is 13.0. The summed E-state index contributed by atoms with van der Waals surface area (Å²) in [6.45, 7) is 7.43. The number of carbonyl (C=O) groups excluding carboxylic acids is 1. The number of aromatic nitrogens is 2. The molecule has 35 heavy (non-hydrogen) atoms. The first-order chi connectivity index (χ1) is 17.0. The van der Waals surface area contributed by atoms with E-state index in [0.717, 1.165) is 56.1 Å². The van der Waals surface area contributed by atoms with Crippen LogP contribution in [0.25, 0.3) is 0 Å². The van der Waals surface area contributed by atoms with Crippen molar-refractivity contribution in [3.63, 3.8) is 0 Å². The van der Waals surface area contributed by atoms with Gasteiger partial charge >= 0.3 is 0 Å². The Labute approximate surface area is 207 Å². The average molecular weight is 477 g/mol. The van der Waals surface area contributed by atoms with Gasteiger partial charge in [-0.3, -0.25) is 14.6 Å². The molecule has 3 aliphatic rings. The van der Waals surface area contributed by atoms with Crippen molar-refractivity contribution < 1.29 is 4.79 Å². The summed E-state index contributed by atoms with van der Waals surface area (Å²) in [6.07, 6.45) is 10.3. The molecule has 186 valence electrons. The molecule has 8 heteroatoms. The van der Waals surface area contributed by atoms with Crippen LogP contribution in [0, 0.1) is 12.3 Å². The van der Waals surface area contributed by atoms with Gasteiger partial charge in [0.15, 0.2) is 5.82 Å². The van der Waals surface area contributed by atoms with Crippen molar-refractivity contribution in [3.05, 3.63) is 40.2 Å². The molecule has 3 fully saturated rings. The molecule has 2 saturated heterocycles. The van der Waals surface area contributed by atoms with Gasteiger partial charge in [-0.25, -0.2) is 4.68 Å². The summed E-state index contributed by atoms with van der Waals surface area (Å²) in [5, 5.41) is 7.62. The Kier molecular flexibility index (Phi) is 6.62. The SMILES string of the molecule is CC=Nc1cc(NC(=O)Cn2nc(N3CCC4(CCCC4)C3)cc(N3CCCC3)c2=O)ccc1C. The van der Waals surface area contributed by atoms with E-state index < -0.39 is 0 Å². The maximum Gasteiger partial charge on any atom is 0.290 e. The first kappa shape index (κ1) is 23.6. The summed E-state index contributed by atoms with van der Waals surface area (Å²) >= 11 is 0. The summed E-state index contributed by atoms with van der Waals surface area (Å²) in [4.78, 5) is 35.2. The zero-order valence-electron chi connectivity index (χ0n) is 20.9. The Morgan fingerprint density at radius 1 is 1.09 bits per heavy atom. The highest BCUT2D eigenvalue weighted by atomic mass is 16.2. The molecule has 5 rings (SSSR count). The number of amides is 1. The van der Waals surface area contributed by atoms with Gasteiger partial charge in [-0.15, -0.1) is 0 Å². The number of anilines is 3. The van der Waals surface area contributed by atoms with Crippen LogP contribution in [0.5, 0.6) is 0 Å². The number of rotatable bonds is 6. The fourth-order valence-corrected chi connectivity index (χ4v) is 5.93. The topological polar surface area (TPSA) is 82.8 Å². The van der Waals surface area contributed by atoms with Gasteiger partial charge in [-0.2, -0.15) is 5.10 Å². The Morgan fingerprint density at radius 3 is 2.60 bits per heavy atom. The van der Waals surface area contributed by atoms with Crippen LogP contribution in [0.15, 0.2) is 34.1 Å². The molecule has 3 heterocycles. The minimum Gasteiger partial charge on any atom is -0.367 e. The van der Waals surface area contributed by atoms with Crippen LogP contribution in [-0.2, 0) is 11.3 Å². The van der Waals surface area contributed by atoms with Crippen LogP contribution in [0.1, 0.15) is 57.4 Å². The zero-order valence-corrected chi connectivity index (χ0v) is 20.9. The van der Waals surface area contributed by atoms with Crippen molar-refractivity contribution in [1.82, 2.24) is 9.78 Å². The van der Waals surface area contributed by atoms with E-state index in [1.807, 2.05) is 38.1 Å². The van der Waals surface area contributed by atoms with E-state index in [1.54, 1.807) is 6.21 Å². The molecule has 0 radical (unpaired) electrons. The number of hydrogen-bond acceptors (Lipinski definition) is 6. The van der Waals surface area contributed by atoms with Crippen molar-refractivity contribution in [2.24, 2.45) is 10.4 Å². The van der Waals surface area contributed by atoms with Crippen LogP contribution in [0.3, 0.4) is 0 Å². The lowest BCUT2D eigenvalue weighted by molar-refractivity contribution is -0.117. The maximum atomic E-state index is 13.4. The second kappa shape index (κ2) is 9.84. The summed E-state index contributed by atoms with van der Waals surface area (Å²) in [7, 11) is 0. The summed E-state index contributed by atoms with van der Waals surface area (Å²) in [5.41, 5.74) is 3.38. The highest BCUT2D eigenvalue weighted by molar-refractivity contribution is 5.91. The smallest absolute Gasteiger partial charge is 0.290 e. The predicted octanol–water partition coefficient (Wildman–Crippen LogP) is 4.28. The molecule has 0 unspecified atom stereocenters. The normalized spacial score (nSPS) is 19.4. The maximum absolute atomic E-state index is 13.4. The molecule has 1 N–H and O–H groups in total. The number of benzene rings is 1. The molecule has 1 spiro atoms. The molecular formula is C27H36N6O2. The minimum atomic E-state index is -0.270. The average Bonchev–Trinajstić information content (AvgIpc) is 3.61. The predicted molar refractivity (Wildman–Crippen MR) is 141 cm³/mol. The van der Waals surface area contributed by atoms with E-state index in [2.05, 4.69) is 20.1 Å². The van der Waals surface area contributed by atoms with Crippen LogP contribution in [0.4, 0.5) is 22.9 Å². The van der Waals surface area contributed by atoms with Gasteiger partial charge in [-0.1, -0.05) is 18.9 Å². The molecule has 1 saturated carbocycles. The number of aryl methyl sites for hydroxylation is 1. The van der Waals surface area contributed by atoms with Crippen LogP contribution < -0.4 is 20.7 Å². The van der Waals surface area contributed by atoms with Gasteiger partial charge in [0.1, 0.15) is 12.2 Å². The van der Waals surface area contributed by atoms with Gasteiger partial charge in [0.2, 0.25) is 5.91 Å². The lowest BCUT2D eigenvalue weighted by Crippen LogP contribution is -2.36. The second-order valence-electron chi connectivity index (χ2n) is 10.4. The van der Waals surface area contributed by atoms with E-state index in [4.69, 9.17) is 5.10 Å². The third kappa shape index (κ3) is 4.97. The highest BCUT2D eigenvalue weighted by Gasteiger charge is 2.41. The second-order valence-corrected chi connectivity index (χ2v) is 10.4. The fourth-order valence-electron chi connectivity index (χ4n) is 5.93. The quantitative estimate of drug-likeness (QED) is 0.629. The van der Waals surface area contributed by atoms with Crippen LogP contribution in [0.2, 0.25) is 0 Å². The van der Waals surface area contributed by atoms with E-state index in [-0.39, 0.29) is 18.0 Å². The molecule has 0 bridgehead atoms. The molecule has 8 nitrogen and oxygen atoms in total. The van der Waals surface area contributed by atoms with E-state index in [0.29, 0.717) is 16.8 Å². The van der Waals surface area contributed by atoms with Crippen molar-refractivity contribution in [1.29, 1.82) is 0 Å². The largest absolute Gasteiger partial charge is 0.367 e. The van der Waals surface area contributed by atoms with Gasteiger partial charge in [0.05, 0.1) is 5.69 Å². The monoisotopic (exact) mass is 476 g/mol. The number of carbonyl (C=O) groups is 1. The fraction of sp³-hybridized carbons (Fsp3) is 0.556. The minimum absolute atomic E-state index is 0.118. The number of nitrogens with one attached hydrogen (secondary N) is 1. The summed E-state index contributed by atoms with van der Waals surface area (Å²) in [5.74, 6) is 0.547. The third-order valence-electron chi connectivity index (χ3n) is 7.87. The molecule has 0 atom stereocenters. The molecule has 2 aromatic rings. The molecule has 1 aromatic carbocycles. The van der Waals surface area contributed by atoms with E-state index in [1.165, 1.54) is 36.8 Å². The lowest BCUT2D eigenvalue weighted by atomic mass is 9.86. The zero-order chi connectivity index (χ0) is 24.4. The van der Waals surface area contributed by atoms with Crippen molar-refractivity contribution in [2.75, 3.05) is 41.3 Å².